The number of hydrogen-bond donors (Lipinski definition) is 1. The van der Waals surface area contributed by atoms with Gasteiger partial charge < -0.3 is 10.3 Å². The second-order valence-corrected chi connectivity index (χ2v) is 4.99. The maximum absolute atomic E-state index is 5.77. The van der Waals surface area contributed by atoms with Crippen LogP contribution in [0.3, 0.4) is 0 Å². The van der Waals surface area contributed by atoms with Gasteiger partial charge in [0.15, 0.2) is 11.5 Å². The Morgan fingerprint density at radius 3 is 2.53 bits per heavy atom. The van der Waals surface area contributed by atoms with Crippen LogP contribution in [0.15, 0.2) is 12.7 Å². The van der Waals surface area contributed by atoms with Crippen LogP contribution in [0, 0.1) is 0 Å². The third kappa shape index (κ3) is 3.66. The van der Waals surface area contributed by atoms with Gasteiger partial charge in [0.25, 0.3) is 0 Å². The Morgan fingerprint density at radius 2 is 1.74 bits per heavy atom. The number of nitrogen functional groups attached to an aromatic ring is 1. The van der Waals surface area contributed by atoms with E-state index in [1.165, 1.54) is 51.3 Å². The fourth-order valence-electron chi connectivity index (χ4n) is 2.30. The van der Waals surface area contributed by atoms with Gasteiger partial charge >= 0.3 is 0 Å². The molecule has 0 aliphatic heterocycles. The van der Waals surface area contributed by atoms with Crippen LogP contribution >= 0.6 is 0 Å². The second-order valence-electron chi connectivity index (χ2n) is 4.99. The van der Waals surface area contributed by atoms with Gasteiger partial charge in [-0.1, -0.05) is 45.4 Å². The number of fused-ring (bicyclic) bond motifs is 1. The van der Waals surface area contributed by atoms with E-state index in [-0.39, 0.29) is 0 Å². The zero-order valence-electron chi connectivity index (χ0n) is 11.7. The molecule has 0 unspecified atom stereocenters. The van der Waals surface area contributed by atoms with Crippen molar-refractivity contribution in [3.63, 3.8) is 0 Å². The number of imidazole rings is 1. The van der Waals surface area contributed by atoms with E-state index in [9.17, 15) is 0 Å². The Kier molecular flexibility index (Phi) is 5.12. The van der Waals surface area contributed by atoms with Crippen molar-refractivity contribution in [1.29, 1.82) is 0 Å². The van der Waals surface area contributed by atoms with E-state index in [4.69, 9.17) is 5.73 Å². The molecule has 0 atom stereocenters. The van der Waals surface area contributed by atoms with E-state index in [0.29, 0.717) is 11.3 Å². The summed E-state index contributed by atoms with van der Waals surface area (Å²) >= 11 is 0. The fraction of sp³-hybridized carbons (Fsp3) is 0.643. The molecule has 0 radical (unpaired) electrons. The minimum absolute atomic E-state index is 0.461. The quantitative estimate of drug-likeness (QED) is 0.741. The van der Waals surface area contributed by atoms with Gasteiger partial charge in [-0.2, -0.15) is 0 Å². The first-order chi connectivity index (χ1) is 9.33. The third-order valence-electron chi connectivity index (χ3n) is 3.43. The third-order valence-corrected chi connectivity index (χ3v) is 3.43. The number of unbranched alkanes of at least 4 members (excludes halogenated alkanes) is 6. The highest BCUT2D eigenvalue weighted by molar-refractivity contribution is 5.80. The summed E-state index contributed by atoms with van der Waals surface area (Å²) < 4.78 is 2.07. The predicted molar refractivity (Wildman–Crippen MR) is 77.7 cm³/mol. The van der Waals surface area contributed by atoms with Crippen LogP contribution < -0.4 is 5.73 Å². The lowest BCUT2D eigenvalue weighted by Crippen LogP contribution is -1.99. The molecule has 0 saturated carbocycles. The zero-order chi connectivity index (χ0) is 13.5. The van der Waals surface area contributed by atoms with E-state index >= 15 is 0 Å². The first-order valence-corrected chi connectivity index (χ1v) is 7.24. The highest BCUT2D eigenvalue weighted by Crippen LogP contribution is 2.15. The Hall–Kier alpha value is -1.65. The zero-order valence-corrected chi connectivity index (χ0v) is 11.7. The Balaban J connectivity index is 1.77. The molecule has 0 amide bonds. The average molecular weight is 261 g/mol. The lowest BCUT2D eigenvalue weighted by atomic mass is 10.1. The molecular weight excluding hydrogens is 238 g/mol. The summed E-state index contributed by atoms with van der Waals surface area (Å²) in [5.74, 6) is 0.461. The van der Waals surface area contributed by atoms with Crippen molar-refractivity contribution >= 4 is 17.0 Å². The number of nitrogens with zero attached hydrogens (tertiary/aromatic N) is 4. The molecule has 0 aliphatic rings. The smallest absolute Gasteiger partial charge is 0.165 e. The maximum Gasteiger partial charge on any atom is 0.165 e. The summed E-state index contributed by atoms with van der Waals surface area (Å²) in [7, 11) is 0. The molecule has 0 fully saturated rings. The molecular formula is C14H23N5. The topological polar surface area (TPSA) is 69.6 Å². The van der Waals surface area contributed by atoms with E-state index in [0.717, 1.165) is 12.2 Å². The Bertz CT molecular complexity index is 506. The van der Waals surface area contributed by atoms with Crippen molar-refractivity contribution in [2.75, 3.05) is 5.73 Å². The molecule has 19 heavy (non-hydrogen) atoms. The molecule has 0 aliphatic carbocycles. The Labute approximate surface area is 114 Å². The lowest BCUT2D eigenvalue weighted by molar-refractivity contribution is 0.554. The minimum atomic E-state index is 0.461. The molecule has 0 spiro atoms. The normalized spacial score (nSPS) is 11.2. The number of aryl methyl sites for hydroxylation is 1. The van der Waals surface area contributed by atoms with Crippen molar-refractivity contribution in [2.24, 2.45) is 0 Å². The van der Waals surface area contributed by atoms with E-state index in [2.05, 4.69) is 26.4 Å². The van der Waals surface area contributed by atoms with Crippen molar-refractivity contribution in [2.45, 2.75) is 58.4 Å². The number of rotatable bonds is 8. The number of anilines is 1. The molecule has 2 aromatic rings. The van der Waals surface area contributed by atoms with Crippen molar-refractivity contribution in [3.05, 3.63) is 12.7 Å². The first kappa shape index (κ1) is 13.8. The van der Waals surface area contributed by atoms with Gasteiger partial charge in [-0.05, 0) is 6.42 Å². The number of hydrogen-bond acceptors (Lipinski definition) is 4. The molecule has 2 rings (SSSR count). The summed E-state index contributed by atoms with van der Waals surface area (Å²) in [6.45, 7) is 3.21. The van der Waals surface area contributed by atoms with Crippen molar-refractivity contribution < 1.29 is 0 Å². The van der Waals surface area contributed by atoms with E-state index < -0.39 is 0 Å². The van der Waals surface area contributed by atoms with Crippen LogP contribution in [0.4, 0.5) is 5.82 Å². The molecule has 2 heterocycles. The molecule has 5 heteroatoms. The number of nitrogens with two attached hydrogens (primary N) is 1. The molecule has 0 saturated heterocycles. The fourth-order valence-corrected chi connectivity index (χ4v) is 2.30. The van der Waals surface area contributed by atoms with Crippen LogP contribution in [0.1, 0.15) is 51.9 Å². The maximum atomic E-state index is 5.77. The molecule has 5 nitrogen and oxygen atoms in total. The standard InChI is InChI=1S/C14H23N5/c1-2-3-4-5-6-7-8-9-19-11-18-12-13(15)16-10-17-14(12)19/h10-11H,2-9H2,1H3,(H2,15,16,17). The van der Waals surface area contributed by atoms with Crippen molar-refractivity contribution in [1.82, 2.24) is 19.5 Å². The first-order valence-electron chi connectivity index (χ1n) is 7.24. The molecule has 2 aromatic heterocycles. The van der Waals surface area contributed by atoms with E-state index in [1.807, 2.05) is 6.33 Å². The van der Waals surface area contributed by atoms with Gasteiger partial charge in [0.1, 0.15) is 11.8 Å². The van der Waals surface area contributed by atoms with Gasteiger partial charge in [0, 0.05) is 6.54 Å². The van der Waals surface area contributed by atoms with Crippen LogP contribution in [0.5, 0.6) is 0 Å². The monoisotopic (exact) mass is 261 g/mol. The van der Waals surface area contributed by atoms with E-state index in [1.54, 1.807) is 0 Å². The Morgan fingerprint density at radius 1 is 1.00 bits per heavy atom. The highest BCUT2D eigenvalue weighted by Gasteiger charge is 2.06. The molecule has 0 bridgehead atoms. The summed E-state index contributed by atoms with van der Waals surface area (Å²) in [5, 5.41) is 0. The highest BCUT2D eigenvalue weighted by atomic mass is 15.1. The second kappa shape index (κ2) is 7.07. The van der Waals surface area contributed by atoms with Gasteiger partial charge in [0.05, 0.1) is 6.33 Å². The largest absolute Gasteiger partial charge is 0.382 e. The SMILES string of the molecule is CCCCCCCCCn1cnc2c(N)ncnc21. The summed E-state index contributed by atoms with van der Waals surface area (Å²) in [6, 6.07) is 0. The molecule has 104 valence electrons. The molecule has 2 N–H and O–H groups in total. The summed E-state index contributed by atoms with van der Waals surface area (Å²) in [4.78, 5) is 12.5. The summed E-state index contributed by atoms with van der Waals surface area (Å²) in [5.41, 5.74) is 7.32. The van der Waals surface area contributed by atoms with Crippen molar-refractivity contribution in [3.8, 4) is 0 Å². The van der Waals surface area contributed by atoms with Gasteiger partial charge in [-0.25, -0.2) is 15.0 Å². The van der Waals surface area contributed by atoms with Crippen LogP contribution in [-0.2, 0) is 6.54 Å². The van der Waals surface area contributed by atoms with Crippen LogP contribution in [0.2, 0.25) is 0 Å². The van der Waals surface area contributed by atoms with Crippen LogP contribution in [-0.4, -0.2) is 19.5 Å². The average Bonchev–Trinajstić information content (AvgIpc) is 2.83. The van der Waals surface area contributed by atoms with Gasteiger partial charge in [-0.3, -0.25) is 0 Å². The van der Waals surface area contributed by atoms with Crippen LogP contribution in [0.25, 0.3) is 11.2 Å². The predicted octanol–water partition coefficient (Wildman–Crippen LogP) is 3.16. The molecule has 0 aromatic carbocycles. The minimum Gasteiger partial charge on any atom is -0.382 e. The number of aromatic nitrogens is 4. The lowest BCUT2D eigenvalue weighted by Gasteiger charge is -2.04. The summed E-state index contributed by atoms with van der Waals surface area (Å²) in [6.07, 6.45) is 12.5. The van der Waals surface area contributed by atoms with Gasteiger partial charge in [-0.15, -0.1) is 0 Å². The van der Waals surface area contributed by atoms with Gasteiger partial charge in [0.2, 0.25) is 0 Å².